The Balaban J connectivity index is 2.04. The van der Waals surface area contributed by atoms with Crippen molar-refractivity contribution in [3.8, 4) is 0 Å². The van der Waals surface area contributed by atoms with Crippen molar-refractivity contribution in [1.82, 2.24) is 20.5 Å². The first-order chi connectivity index (χ1) is 9.08. The van der Waals surface area contributed by atoms with Crippen LogP contribution in [0.15, 0.2) is 0 Å². The summed E-state index contributed by atoms with van der Waals surface area (Å²) in [5, 5.41) is 17.6. The van der Waals surface area contributed by atoms with E-state index < -0.39 is 17.9 Å². The summed E-state index contributed by atoms with van der Waals surface area (Å²) >= 11 is 0. The van der Waals surface area contributed by atoms with Gasteiger partial charge in [-0.1, -0.05) is 19.3 Å². The normalized spacial score (nSPS) is 17.9. The molecule has 8 nitrogen and oxygen atoms in total. The highest BCUT2D eigenvalue weighted by molar-refractivity contribution is 5.93. The second kappa shape index (κ2) is 5.68. The van der Waals surface area contributed by atoms with E-state index in [1.54, 1.807) is 0 Å². The maximum atomic E-state index is 11.9. The Hall–Kier alpha value is -2.12. The maximum absolute atomic E-state index is 11.9. The van der Waals surface area contributed by atoms with Gasteiger partial charge in [-0.3, -0.25) is 9.89 Å². The number of carbonyl (C=O) groups is 2. The zero-order valence-electron chi connectivity index (χ0n) is 10.4. The lowest BCUT2D eigenvalue weighted by molar-refractivity contribution is -0.141. The molecule has 104 valence electrons. The molecule has 1 aliphatic carbocycles. The number of aliphatic carboxylic acids is 1. The van der Waals surface area contributed by atoms with Crippen LogP contribution < -0.4 is 11.1 Å². The molecule has 1 aromatic heterocycles. The number of nitrogen functional groups attached to an aromatic ring is 1. The molecule has 1 saturated carbocycles. The van der Waals surface area contributed by atoms with Crippen LogP contribution in [0.4, 0.5) is 5.95 Å². The van der Waals surface area contributed by atoms with Crippen LogP contribution in [0.3, 0.4) is 0 Å². The van der Waals surface area contributed by atoms with E-state index in [1.807, 2.05) is 0 Å². The van der Waals surface area contributed by atoms with Crippen molar-refractivity contribution in [2.75, 3.05) is 5.73 Å². The van der Waals surface area contributed by atoms with Gasteiger partial charge in [-0.15, -0.1) is 5.10 Å². The Bertz CT molecular complexity index is 467. The number of aromatic nitrogens is 3. The number of nitrogens with one attached hydrogen (secondary N) is 2. The number of hydrogen-bond acceptors (Lipinski definition) is 5. The largest absolute Gasteiger partial charge is 0.480 e. The first-order valence-electron chi connectivity index (χ1n) is 6.29. The topological polar surface area (TPSA) is 134 Å². The van der Waals surface area contributed by atoms with E-state index in [0.29, 0.717) is 0 Å². The summed E-state index contributed by atoms with van der Waals surface area (Å²) in [5.41, 5.74) is 5.30. The maximum Gasteiger partial charge on any atom is 0.326 e. The summed E-state index contributed by atoms with van der Waals surface area (Å²) in [6.45, 7) is 0. The van der Waals surface area contributed by atoms with Gasteiger partial charge in [-0.2, -0.15) is 4.98 Å². The highest BCUT2D eigenvalue weighted by Crippen LogP contribution is 2.26. The molecular weight excluding hydrogens is 250 g/mol. The second-order valence-electron chi connectivity index (χ2n) is 4.73. The Morgan fingerprint density at radius 2 is 2.05 bits per heavy atom. The summed E-state index contributed by atoms with van der Waals surface area (Å²) in [4.78, 5) is 26.8. The zero-order chi connectivity index (χ0) is 13.8. The minimum absolute atomic E-state index is 0.0320. The average Bonchev–Trinajstić information content (AvgIpc) is 2.83. The molecule has 19 heavy (non-hydrogen) atoms. The van der Waals surface area contributed by atoms with Crippen molar-refractivity contribution >= 4 is 17.8 Å². The van der Waals surface area contributed by atoms with Crippen molar-refractivity contribution < 1.29 is 14.7 Å². The number of carboxylic acid groups (broad SMARTS) is 1. The van der Waals surface area contributed by atoms with Gasteiger partial charge in [0.1, 0.15) is 6.04 Å². The van der Waals surface area contributed by atoms with Gasteiger partial charge < -0.3 is 16.2 Å². The Morgan fingerprint density at radius 3 is 2.58 bits per heavy atom. The van der Waals surface area contributed by atoms with Gasteiger partial charge in [0, 0.05) is 0 Å². The van der Waals surface area contributed by atoms with Crippen LogP contribution in [0.25, 0.3) is 0 Å². The standard InChI is InChI=1S/C11H17N5O3/c12-11-14-8(15-16-11)9(17)13-7(10(18)19)6-4-2-1-3-5-6/h6-7H,1-5H2,(H,13,17)(H,18,19)(H3,12,14,15,16). The van der Waals surface area contributed by atoms with E-state index in [-0.39, 0.29) is 17.7 Å². The van der Waals surface area contributed by atoms with Crippen LogP contribution in [-0.4, -0.2) is 38.2 Å². The number of aromatic amines is 1. The van der Waals surface area contributed by atoms with Crippen LogP contribution in [0.1, 0.15) is 42.7 Å². The lowest BCUT2D eigenvalue weighted by Gasteiger charge is -2.27. The lowest BCUT2D eigenvalue weighted by atomic mass is 9.84. The van der Waals surface area contributed by atoms with E-state index in [4.69, 9.17) is 5.73 Å². The Kier molecular flexibility index (Phi) is 3.98. The van der Waals surface area contributed by atoms with Crippen LogP contribution in [0, 0.1) is 5.92 Å². The third kappa shape index (κ3) is 3.21. The molecule has 1 aliphatic rings. The molecule has 0 saturated heterocycles. The molecule has 1 unspecified atom stereocenters. The number of rotatable bonds is 4. The summed E-state index contributed by atoms with van der Waals surface area (Å²) in [5.74, 6) is -1.76. The number of amides is 1. The minimum atomic E-state index is -1.02. The van der Waals surface area contributed by atoms with Gasteiger partial charge in [0.15, 0.2) is 0 Å². The summed E-state index contributed by atoms with van der Waals surface area (Å²) in [6, 6.07) is -0.890. The lowest BCUT2D eigenvalue weighted by Crippen LogP contribution is -2.46. The number of anilines is 1. The smallest absolute Gasteiger partial charge is 0.326 e. The summed E-state index contributed by atoms with van der Waals surface area (Å²) in [6.07, 6.45) is 4.75. The number of nitrogens with zero attached hydrogens (tertiary/aromatic N) is 2. The monoisotopic (exact) mass is 267 g/mol. The summed E-state index contributed by atoms with van der Waals surface area (Å²) < 4.78 is 0. The Labute approximate surface area is 109 Å². The molecule has 0 aliphatic heterocycles. The van der Waals surface area contributed by atoms with Gasteiger partial charge in [-0.25, -0.2) is 4.79 Å². The molecule has 8 heteroatoms. The van der Waals surface area contributed by atoms with Crippen molar-refractivity contribution in [2.45, 2.75) is 38.1 Å². The minimum Gasteiger partial charge on any atom is -0.480 e. The van der Waals surface area contributed by atoms with Crippen molar-refractivity contribution in [2.24, 2.45) is 5.92 Å². The molecular formula is C11H17N5O3. The fourth-order valence-corrected chi connectivity index (χ4v) is 2.43. The van der Waals surface area contributed by atoms with E-state index in [0.717, 1.165) is 32.1 Å². The third-order valence-corrected chi connectivity index (χ3v) is 3.39. The van der Waals surface area contributed by atoms with Gasteiger partial charge >= 0.3 is 5.97 Å². The molecule has 1 heterocycles. The van der Waals surface area contributed by atoms with Gasteiger partial charge in [-0.05, 0) is 18.8 Å². The highest BCUT2D eigenvalue weighted by atomic mass is 16.4. The van der Waals surface area contributed by atoms with Gasteiger partial charge in [0.25, 0.3) is 5.91 Å². The van der Waals surface area contributed by atoms with Crippen LogP contribution in [0.5, 0.6) is 0 Å². The number of H-pyrrole nitrogens is 1. The molecule has 1 amide bonds. The first-order valence-corrected chi connectivity index (χ1v) is 6.29. The van der Waals surface area contributed by atoms with E-state index >= 15 is 0 Å². The Morgan fingerprint density at radius 1 is 1.37 bits per heavy atom. The van der Waals surface area contributed by atoms with Crippen LogP contribution in [-0.2, 0) is 4.79 Å². The zero-order valence-corrected chi connectivity index (χ0v) is 10.4. The molecule has 1 fully saturated rings. The first kappa shape index (κ1) is 13.3. The van der Waals surface area contributed by atoms with Crippen LogP contribution in [0.2, 0.25) is 0 Å². The highest BCUT2D eigenvalue weighted by Gasteiger charge is 2.31. The van der Waals surface area contributed by atoms with E-state index in [1.165, 1.54) is 0 Å². The summed E-state index contributed by atoms with van der Waals surface area (Å²) in [7, 11) is 0. The molecule has 0 bridgehead atoms. The van der Waals surface area contributed by atoms with Crippen molar-refractivity contribution in [1.29, 1.82) is 0 Å². The number of carboxylic acids is 1. The molecule has 5 N–H and O–H groups in total. The predicted molar refractivity (Wildman–Crippen MR) is 66.3 cm³/mol. The molecule has 0 spiro atoms. The predicted octanol–water partition coefficient (Wildman–Crippen LogP) is 0.150. The number of carbonyl (C=O) groups excluding carboxylic acids is 1. The third-order valence-electron chi connectivity index (χ3n) is 3.39. The molecule has 0 aromatic carbocycles. The number of hydrogen-bond donors (Lipinski definition) is 4. The quantitative estimate of drug-likeness (QED) is 0.613. The van der Waals surface area contributed by atoms with Crippen LogP contribution >= 0.6 is 0 Å². The molecule has 1 aromatic rings. The molecule has 2 rings (SSSR count). The van der Waals surface area contributed by atoms with Gasteiger partial charge in [0.2, 0.25) is 11.8 Å². The fourth-order valence-electron chi connectivity index (χ4n) is 2.43. The fraction of sp³-hybridized carbons (Fsp3) is 0.636. The van der Waals surface area contributed by atoms with E-state index in [2.05, 4.69) is 20.5 Å². The molecule has 1 atom stereocenters. The number of nitrogens with two attached hydrogens (primary N) is 1. The second-order valence-corrected chi connectivity index (χ2v) is 4.73. The molecule has 0 radical (unpaired) electrons. The van der Waals surface area contributed by atoms with E-state index in [9.17, 15) is 14.7 Å². The average molecular weight is 267 g/mol. The van der Waals surface area contributed by atoms with Crippen molar-refractivity contribution in [3.05, 3.63) is 5.82 Å². The van der Waals surface area contributed by atoms with Crippen molar-refractivity contribution in [3.63, 3.8) is 0 Å². The SMILES string of the molecule is Nc1n[nH]c(C(=O)NC(C(=O)O)C2CCCCC2)n1. The van der Waals surface area contributed by atoms with Gasteiger partial charge in [0.05, 0.1) is 0 Å².